The van der Waals surface area contributed by atoms with Crippen LogP contribution in [-0.2, 0) is 11.3 Å². The van der Waals surface area contributed by atoms with Crippen molar-refractivity contribution in [3.63, 3.8) is 0 Å². The van der Waals surface area contributed by atoms with E-state index in [1.165, 1.54) is 10.9 Å². The van der Waals surface area contributed by atoms with Gasteiger partial charge in [0.25, 0.3) is 5.56 Å². The van der Waals surface area contributed by atoms with Gasteiger partial charge in [-0.1, -0.05) is 12.1 Å². The van der Waals surface area contributed by atoms with Crippen LogP contribution in [0.4, 0.5) is 0 Å². The predicted molar refractivity (Wildman–Crippen MR) is 73.2 cm³/mol. The maximum Gasteiger partial charge on any atom is 0.261 e. The van der Waals surface area contributed by atoms with Gasteiger partial charge in [-0.25, -0.2) is 4.98 Å². The Labute approximate surface area is 115 Å². The molecule has 1 aliphatic rings. The molecule has 1 aromatic carbocycles. The number of aromatic nitrogens is 2. The van der Waals surface area contributed by atoms with Crippen molar-refractivity contribution in [1.29, 1.82) is 0 Å². The number of nitrogens with zero attached hydrogens (tertiary/aromatic N) is 3. The lowest BCUT2D eigenvalue weighted by Crippen LogP contribution is -2.53. The van der Waals surface area contributed by atoms with E-state index in [9.17, 15) is 9.59 Å². The van der Waals surface area contributed by atoms with Gasteiger partial charge in [0.15, 0.2) is 0 Å². The molecule has 104 valence electrons. The molecule has 0 bridgehead atoms. The summed E-state index contributed by atoms with van der Waals surface area (Å²) in [4.78, 5) is 29.8. The molecule has 1 amide bonds. The molecule has 0 saturated carbocycles. The molecule has 1 fully saturated rings. The van der Waals surface area contributed by atoms with Crippen LogP contribution in [0.25, 0.3) is 10.9 Å². The quantitative estimate of drug-likeness (QED) is 0.853. The van der Waals surface area contributed by atoms with Crippen LogP contribution in [0, 0.1) is 0 Å². The van der Waals surface area contributed by atoms with Gasteiger partial charge in [0.2, 0.25) is 5.91 Å². The normalized spacial score (nSPS) is 15.3. The summed E-state index contributed by atoms with van der Waals surface area (Å²) < 4.78 is 1.45. The second-order valence-corrected chi connectivity index (χ2v) is 4.96. The highest BCUT2D eigenvalue weighted by Crippen LogP contribution is 2.10. The fourth-order valence-electron chi connectivity index (χ4n) is 2.30. The number of carbonyl (C=O) groups excluding carboxylic acids is 1. The molecule has 1 N–H and O–H groups in total. The zero-order valence-electron chi connectivity index (χ0n) is 10.9. The number of aliphatic hydroxyl groups is 1. The van der Waals surface area contributed by atoms with Crippen LogP contribution in [0.1, 0.15) is 6.42 Å². The van der Waals surface area contributed by atoms with Crippen molar-refractivity contribution < 1.29 is 9.90 Å². The van der Waals surface area contributed by atoms with E-state index in [-0.39, 0.29) is 17.9 Å². The lowest BCUT2D eigenvalue weighted by Gasteiger charge is -2.35. The van der Waals surface area contributed by atoms with Crippen molar-refractivity contribution >= 4 is 16.8 Å². The minimum Gasteiger partial charge on any atom is -0.389 e. The van der Waals surface area contributed by atoms with Gasteiger partial charge in [-0.3, -0.25) is 14.2 Å². The molecular weight excluding hydrogens is 258 g/mol. The standard InChI is InChI=1S/C14H15N3O3/c18-10-7-17(8-10)13(19)5-6-16-9-15-12-4-2-1-3-11(12)14(16)20/h1-4,9-10,18H,5-8H2. The topological polar surface area (TPSA) is 75.4 Å². The zero-order valence-corrected chi connectivity index (χ0v) is 10.9. The van der Waals surface area contributed by atoms with Crippen molar-refractivity contribution in [1.82, 2.24) is 14.5 Å². The maximum absolute atomic E-state index is 12.2. The molecule has 0 radical (unpaired) electrons. The monoisotopic (exact) mass is 273 g/mol. The summed E-state index contributed by atoms with van der Waals surface area (Å²) in [5.41, 5.74) is 0.526. The van der Waals surface area contributed by atoms with Gasteiger partial charge >= 0.3 is 0 Å². The highest BCUT2D eigenvalue weighted by molar-refractivity contribution is 5.78. The Bertz CT molecular complexity index is 704. The van der Waals surface area contributed by atoms with Gasteiger partial charge in [0.05, 0.1) is 23.3 Å². The zero-order chi connectivity index (χ0) is 14.1. The number of likely N-dealkylation sites (tertiary alicyclic amines) is 1. The Morgan fingerprint density at radius 2 is 2.10 bits per heavy atom. The van der Waals surface area contributed by atoms with Crippen LogP contribution in [0.3, 0.4) is 0 Å². The Morgan fingerprint density at radius 1 is 1.35 bits per heavy atom. The molecule has 0 aliphatic carbocycles. The summed E-state index contributed by atoms with van der Waals surface area (Å²) in [5.74, 6) is -0.0460. The van der Waals surface area contributed by atoms with E-state index in [0.29, 0.717) is 30.5 Å². The minimum absolute atomic E-state index is 0.0460. The Kier molecular flexibility index (Phi) is 3.23. The Morgan fingerprint density at radius 3 is 2.85 bits per heavy atom. The Hall–Kier alpha value is -2.21. The van der Waals surface area contributed by atoms with Crippen LogP contribution in [0.5, 0.6) is 0 Å². The Balaban J connectivity index is 1.73. The first-order chi connectivity index (χ1) is 9.65. The van der Waals surface area contributed by atoms with Gasteiger partial charge in [-0.15, -0.1) is 0 Å². The summed E-state index contributed by atoms with van der Waals surface area (Å²) in [6.07, 6.45) is 1.32. The van der Waals surface area contributed by atoms with Crippen LogP contribution in [-0.4, -0.2) is 44.7 Å². The minimum atomic E-state index is -0.399. The molecule has 6 nitrogen and oxygen atoms in total. The first kappa shape index (κ1) is 12.8. The highest BCUT2D eigenvalue weighted by Gasteiger charge is 2.28. The van der Waals surface area contributed by atoms with Crippen LogP contribution >= 0.6 is 0 Å². The van der Waals surface area contributed by atoms with E-state index in [4.69, 9.17) is 5.11 Å². The van der Waals surface area contributed by atoms with Crippen LogP contribution < -0.4 is 5.56 Å². The molecule has 1 aromatic heterocycles. The van der Waals surface area contributed by atoms with Crippen molar-refractivity contribution in [3.8, 4) is 0 Å². The number of amides is 1. The number of para-hydroxylation sites is 1. The third-order valence-electron chi connectivity index (χ3n) is 3.51. The van der Waals surface area contributed by atoms with Gasteiger partial charge < -0.3 is 10.0 Å². The van der Waals surface area contributed by atoms with Gasteiger partial charge in [0.1, 0.15) is 0 Å². The number of hydrogen-bond acceptors (Lipinski definition) is 4. The molecule has 6 heteroatoms. The fourth-order valence-corrected chi connectivity index (χ4v) is 2.30. The van der Waals surface area contributed by atoms with E-state index in [1.807, 2.05) is 6.07 Å². The first-order valence-corrected chi connectivity index (χ1v) is 6.55. The summed E-state index contributed by atoms with van der Waals surface area (Å²) in [6.45, 7) is 1.09. The maximum atomic E-state index is 12.2. The lowest BCUT2D eigenvalue weighted by atomic mass is 10.1. The molecule has 0 atom stereocenters. The van der Waals surface area contributed by atoms with E-state index in [2.05, 4.69) is 4.98 Å². The van der Waals surface area contributed by atoms with Crippen molar-refractivity contribution in [2.75, 3.05) is 13.1 Å². The number of benzene rings is 1. The molecule has 20 heavy (non-hydrogen) atoms. The number of aliphatic hydroxyl groups excluding tert-OH is 1. The molecule has 0 unspecified atom stereocenters. The largest absolute Gasteiger partial charge is 0.389 e. The summed E-state index contributed by atoms with van der Waals surface area (Å²) >= 11 is 0. The number of fused-ring (bicyclic) bond motifs is 1. The molecule has 0 spiro atoms. The smallest absolute Gasteiger partial charge is 0.261 e. The molecule has 2 heterocycles. The van der Waals surface area contributed by atoms with Crippen molar-refractivity contribution in [3.05, 3.63) is 40.9 Å². The molecule has 1 saturated heterocycles. The van der Waals surface area contributed by atoms with E-state index in [0.717, 1.165) is 0 Å². The number of aryl methyl sites for hydroxylation is 1. The second-order valence-electron chi connectivity index (χ2n) is 4.96. The van der Waals surface area contributed by atoms with Crippen molar-refractivity contribution in [2.45, 2.75) is 19.1 Å². The predicted octanol–water partition coefficient (Wildman–Crippen LogP) is -0.0103. The SMILES string of the molecule is O=C(CCn1cnc2ccccc2c1=O)N1CC(O)C1. The van der Waals surface area contributed by atoms with E-state index in [1.54, 1.807) is 23.1 Å². The number of β-amino-alcohol motifs (C(OH)–C–C–N with tert-alkyl or cyclic N) is 1. The summed E-state index contributed by atoms with van der Waals surface area (Å²) in [5, 5.41) is 9.71. The third-order valence-corrected chi connectivity index (χ3v) is 3.51. The lowest BCUT2D eigenvalue weighted by molar-refractivity contribution is -0.141. The van der Waals surface area contributed by atoms with Gasteiger partial charge in [-0.05, 0) is 12.1 Å². The number of hydrogen-bond donors (Lipinski definition) is 1. The number of rotatable bonds is 3. The molecule has 3 rings (SSSR count). The van der Waals surface area contributed by atoms with E-state index < -0.39 is 6.10 Å². The van der Waals surface area contributed by atoms with Crippen LogP contribution in [0.2, 0.25) is 0 Å². The average Bonchev–Trinajstić information content (AvgIpc) is 2.43. The highest BCUT2D eigenvalue weighted by atomic mass is 16.3. The van der Waals surface area contributed by atoms with Gasteiger partial charge in [0, 0.05) is 26.1 Å². The van der Waals surface area contributed by atoms with Gasteiger partial charge in [-0.2, -0.15) is 0 Å². The van der Waals surface area contributed by atoms with Crippen LogP contribution in [0.15, 0.2) is 35.4 Å². The average molecular weight is 273 g/mol. The molecule has 1 aliphatic heterocycles. The second kappa shape index (κ2) is 5.05. The van der Waals surface area contributed by atoms with E-state index >= 15 is 0 Å². The summed E-state index contributed by atoms with van der Waals surface area (Å²) in [6, 6.07) is 7.14. The van der Waals surface area contributed by atoms with Crippen molar-refractivity contribution in [2.24, 2.45) is 0 Å². The first-order valence-electron chi connectivity index (χ1n) is 6.55. The summed E-state index contributed by atoms with van der Waals surface area (Å²) in [7, 11) is 0. The third kappa shape index (κ3) is 2.30. The fraction of sp³-hybridized carbons (Fsp3) is 0.357. The molecular formula is C14H15N3O3. The number of carbonyl (C=O) groups is 1. The molecule has 2 aromatic rings.